The van der Waals surface area contributed by atoms with E-state index in [1.807, 2.05) is 6.92 Å². The number of piperidine rings is 1. The minimum Gasteiger partial charge on any atom is -0.369 e. The highest BCUT2D eigenvalue weighted by molar-refractivity contribution is 7.89. The molecule has 1 aromatic carbocycles. The lowest BCUT2D eigenvalue weighted by Crippen LogP contribution is -2.52. The highest BCUT2D eigenvalue weighted by atomic mass is 32.2. The van der Waals surface area contributed by atoms with E-state index in [9.17, 15) is 18.0 Å². The summed E-state index contributed by atoms with van der Waals surface area (Å²) in [4.78, 5) is 25.9. The number of benzene rings is 1. The number of likely N-dealkylation sites (tertiary alicyclic amines) is 1. The van der Waals surface area contributed by atoms with Crippen molar-refractivity contribution >= 4 is 27.6 Å². The number of primary amides is 1. The molecule has 0 radical (unpaired) electrons. The van der Waals surface area contributed by atoms with Gasteiger partial charge < -0.3 is 16.0 Å². The molecule has 0 aromatic heterocycles. The highest BCUT2D eigenvalue weighted by Gasteiger charge is 2.40. The lowest BCUT2D eigenvalue weighted by Gasteiger charge is -2.40. The van der Waals surface area contributed by atoms with Gasteiger partial charge in [-0.3, -0.25) is 4.79 Å². The molecule has 138 valence electrons. The molecule has 1 fully saturated rings. The van der Waals surface area contributed by atoms with Crippen molar-refractivity contribution in [3.8, 4) is 0 Å². The van der Waals surface area contributed by atoms with Gasteiger partial charge in [-0.05, 0) is 43.9 Å². The Kier molecular flexibility index (Phi) is 5.38. The van der Waals surface area contributed by atoms with Gasteiger partial charge in [0.25, 0.3) is 0 Å². The molecule has 1 heterocycles. The van der Waals surface area contributed by atoms with Gasteiger partial charge in [0.1, 0.15) is 0 Å². The van der Waals surface area contributed by atoms with E-state index in [1.165, 1.54) is 12.1 Å². The van der Waals surface area contributed by atoms with Crippen LogP contribution in [0.25, 0.3) is 0 Å². The van der Waals surface area contributed by atoms with Crippen LogP contribution in [-0.4, -0.2) is 38.3 Å². The zero-order valence-corrected chi connectivity index (χ0v) is 15.2. The molecule has 1 saturated heterocycles. The monoisotopic (exact) mass is 368 g/mol. The summed E-state index contributed by atoms with van der Waals surface area (Å²) in [7, 11) is -3.86. The molecule has 0 spiro atoms. The molecule has 1 aromatic rings. The van der Waals surface area contributed by atoms with Gasteiger partial charge in [-0.2, -0.15) is 0 Å². The summed E-state index contributed by atoms with van der Waals surface area (Å²) in [5.74, 6) is -0.403. The van der Waals surface area contributed by atoms with Crippen molar-refractivity contribution in [2.24, 2.45) is 16.3 Å². The Morgan fingerprint density at radius 3 is 2.60 bits per heavy atom. The largest absolute Gasteiger partial charge is 0.369 e. The molecule has 8 nitrogen and oxygen atoms in total. The Hall–Kier alpha value is -2.13. The summed E-state index contributed by atoms with van der Waals surface area (Å²) in [6.07, 6.45) is 1.90. The predicted molar refractivity (Wildman–Crippen MR) is 94.3 cm³/mol. The molecule has 1 aliphatic heterocycles. The Morgan fingerprint density at radius 1 is 1.36 bits per heavy atom. The van der Waals surface area contributed by atoms with E-state index in [4.69, 9.17) is 10.9 Å². The smallest absolute Gasteiger partial charge is 0.321 e. The fourth-order valence-corrected chi connectivity index (χ4v) is 3.62. The maximum Gasteiger partial charge on any atom is 0.321 e. The van der Waals surface area contributed by atoms with Gasteiger partial charge in [-0.25, -0.2) is 18.4 Å². The molecule has 0 bridgehead atoms. The van der Waals surface area contributed by atoms with Gasteiger partial charge >= 0.3 is 6.03 Å². The number of nitrogens with one attached hydrogen (secondary N) is 1. The van der Waals surface area contributed by atoms with E-state index >= 15 is 0 Å². The van der Waals surface area contributed by atoms with Gasteiger partial charge in [0.05, 0.1) is 10.3 Å². The van der Waals surface area contributed by atoms with Crippen LogP contribution in [0.3, 0.4) is 0 Å². The summed E-state index contributed by atoms with van der Waals surface area (Å²) < 4.78 is 23.0. The van der Waals surface area contributed by atoms with Crippen LogP contribution in [0.2, 0.25) is 0 Å². The van der Waals surface area contributed by atoms with Crippen LogP contribution < -0.4 is 16.2 Å². The van der Waals surface area contributed by atoms with E-state index in [0.717, 1.165) is 0 Å². The molecule has 1 atom stereocenters. The van der Waals surface area contributed by atoms with Crippen LogP contribution in [0, 0.1) is 12.3 Å². The minimum absolute atomic E-state index is 0.0768. The van der Waals surface area contributed by atoms with Crippen LogP contribution in [0.5, 0.6) is 0 Å². The molecule has 2 rings (SSSR count). The lowest BCUT2D eigenvalue weighted by atomic mass is 9.77. The van der Waals surface area contributed by atoms with Crippen LogP contribution in [-0.2, 0) is 14.8 Å². The van der Waals surface area contributed by atoms with E-state index < -0.39 is 27.4 Å². The number of nitrogens with two attached hydrogens (primary N) is 2. The van der Waals surface area contributed by atoms with Crippen molar-refractivity contribution in [2.75, 3.05) is 18.4 Å². The Labute approximate surface area is 147 Å². The van der Waals surface area contributed by atoms with Gasteiger partial charge in [0, 0.05) is 18.8 Å². The van der Waals surface area contributed by atoms with E-state index in [1.54, 1.807) is 17.9 Å². The van der Waals surface area contributed by atoms with E-state index in [0.29, 0.717) is 37.1 Å². The fraction of sp³-hybridized carbons (Fsp3) is 0.500. The number of hydrogen-bond donors (Lipinski definition) is 3. The van der Waals surface area contributed by atoms with E-state index in [2.05, 4.69) is 5.32 Å². The maximum atomic E-state index is 12.6. The van der Waals surface area contributed by atoms with Gasteiger partial charge in [-0.1, -0.05) is 13.0 Å². The first-order valence-electron chi connectivity index (χ1n) is 8.08. The summed E-state index contributed by atoms with van der Waals surface area (Å²) >= 11 is 0. The zero-order chi connectivity index (χ0) is 18.8. The summed E-state index contributed by atoms with van der Waals surface area (Å²) in [5.41, 5.74) is 5.89. The lowest BCUT2D eigenvalue weighted by molar-refractivity contribution is -0.130. The van der Waals surface area contributed by atoms with Crippen molar-refractivity contribution in [3.05, 3.63) is 23.8 Å². The van der Waals surface area contributed by atoms with Crippen molar-refractivity contribution in [3.63, 3.8) is 0 Å². The average molecular weight is 368 g/mol. The molecular weight excluding hydrogens is 344 g/mol. The van der Waals surface area contributed by atoms with Gasteiger partial charge in [0.15, 0.2) is 0 Å². The summed E-state index contributed by atoms with van der Waals surface area (Å²) in [5, 5.41) is 7.84. The van der Waals surface area contributed by atoms with Crippen molar-refractivity contribution in [1.29, 1.82) is 0 Å². The molecule has 0 saturated carbocycles. The normalized spacial score (nSPS) is 21.0. The number of carbonyl (C=O) groups is 2. The number of anilines is 1. The fourth-order valence-electron chi connectivity index (χ4n) is 3.08. The number of primary sulfonamides is 1. The average Bonchev–Trinajstić information content (AvgIpc) is 2.55. The Bertz CT molecular complexity index is 793. The number of nitrogens with zero attached hydrogens (tertiary/aromatic N) is 1. The van der Waals surface area contributed by atoms with Crippen LogP contribution >= 0.6 is 0 Å². The third-order valence-electron chi connectivity index (χ3n) is 4.84. The number of carbonyl (C=O) groups excluding carboxylic acids is 2. The number of aryl methyl sites for hydroxylation is 1. The molecule has 25 heavy (non-hydrogen) atoms. The molecule has 0 unspecified atom stereocenters. The number of urea groups is 1. The standard InChI is InChI=1S/C16H24N4O4S/c1-3-16(14(17)21)7-4-8-20(10-16)15(22)19-13-9-12(25(18,23)24)6-5-11(13)2/h5-6,9H,3-4,7-8,10H2,1-2H3,(H2,17,21)(H,19,22)(H2,18,23,24)/t16-/m0/s1. The number of rotatable bonds is 4. The Balaban J connectivity index is 2.21. The third-order valence-corrected chi connectivity index (χ3v) is 5.75. The van der Waals surface area contributed by atoms with Crippen molar-refractivity contribution in [2.45, 2.75) is 38.0 Å². The molecule has 5 N–H and O–H groups in total. The second-order valence-electron chi connectivity index (χ2n) is 6.48. The predicted octanol–water partition coefficient (Wildman–Crippen LogP) is 1.15. The molecule has 1 aliphatic rings. The number of hydrogen-bond acceptors (Lipinski definition) is 4. The van der Waals surface area contributed by atoms with Gasteiger partial charge in [0.2, 0.25) is 15.9 Å². The quantitative estimate of drug-likeness (QED) is 0.734. The summed E-state index contributed by atoms with van der Waals surface area (Å²) in [6.45, 7) is 4.39. The van der Waals surface area contributed by atoms with Crippen molar-refractivity contribution < 1.29 is 18.0 Å². The third kappa shape index (κ3) is 4.10. The molecule has 9 heteroatoms. The van der Waals surface area contributed by atoms with Crippen LogP contribution in [0.1, 0.15) is 31.7 Å². The highest BCUT2D eigenvalue weighted by Crippen LogP contribution is 2.33. The first-order valence-corrected chi connectivity index (χ1v) is 9.63. The Morgan fingerprint density at radius 2 is 2.04 bits per heavy atom. The minimum atomic E-state index is -3.86. The number of amides is 3. The maximum absolute atomic E-state index is 12.6. The number of sulfonamides is 1. The van der Waals surface area contributed by atoms with E-state index in [-0.39, 0.29) is 11.4 Å². The first kappa shape index (κ1) is 19.2. The molecular formula is C16H24N4O4S. The topological polar surface area (TPSA) is 136 Å². The SMILES string of the molecule is CC[C@]1(C(N)=O)CCCN(C(=O)Nc2cc(S(N)(=O)=O)ccc2C)C1. The molecule has 3 amide bonds. The zero-order valence-electron chi connectivity index (χ0n) is 14.4. The second-order valence-corrected chi connectivity index (χ2v) is 8.04. The van der Waals surface area contributed by atoms with Gasteiger partial charge in [-0.15, -0.1) is 0 Å². The second kappa shape index (κ2) is 7.01. The summed E-state index contributed by atoms with van der Waals surface area (Å²) in [6, 6.07) is 3.89. The van der Waals surface area contributed by atoms with Crippen LogP contribution in [0.15, 0.2) is 23.1 Å². The first-order chi connectivity index (χ1) is 11.6. The van der Waals surface area contributed by atoms with Crippen molar-refractivity contribution in [1.82, 2.24) is 4.90 Å². The van der Waals surface area contributed by atoms with Crippen LogP contribution in [0.4, 0.5) is 10.5 Å². The molecule has 0 aliphatic carbocycles.